The van der Waals surface area contributed by atoms with Gasteiger partial charge in [-0.05, 0) is 47.7 Å². The van der Waals surface area contributed by atoms with Crippen LogP contribution in [0.4, 0.5) is 0 Å². The van der Waals surface area contributed by atoms with Gasteiger partial charge in [0.05, 0.1) is 4.88 Å². The number of halogens is 1. The molecule has 1 atom stereocenters. The molecule has 1 unspecified atom stereocenters. The first-order valence-electron chi connectivity index (χ1n) is 6.34. The summed E-state index contributed by atoms with van der Waals surface area (Å²) in [6.45, 7) is 0.735. The van der Waals surface area contributed by atoms with E-state index in [1.807, 2.05) is 16.3 Å². The van der Waals surface area contributed by atoms with Gasteiger partial charge in [-0.25, -0.2) is 0 Å². The summed E-state index contributed by atoms with van der Waals surface area (Å²) in [6, 6.07) is 1.90. The maximum Gasteiger partial charge on any atom is 0.303 e. The molecule has 1 aliphatic heterocycles. The van der Waals surface area contributed by atoms with E-state index in [1.165, 1.54) is 11.3 Å². The summed E-state index contributed by atoms with van der Waals surface area (Å²) in [5.41, 5.74) is 0. The molecule has 1 aromatic rings. The zero-order valence-electron chi connectivity index (χ0n) is 10.5. The number of carboxylic acids is 1. The van der Waals surface area contributed by atoms with Crippen molar-refractivity contribution in [2.24, 2.45) is 0 Å². The molecule has 1 aliphatic rings. The lowest BCUT2D eigenvalue weighted by Crippen LogP contribution is -2.43. The molecule has 2 rings (SSSR count). The lowest BCUT2D eigenvalue weighted by molar-refractivity contribution is -0.137. The van der Waals surface area contributed by atoms with Crippen LogP contribution in [0.2, 0.25) is 0 Å². The summed E-state index contributed by atoms with van der Waals surface area (Å²) in [6.07, 6.45) is 3.66. The number of carboxylic acid groups (broad SMARTS) is 1. The highest BCUT2D eigenvalue weighted by molar-refractivity contribution is 9.10. The van der Waals surface area contributed by atoms with Gasteiger partial charge in [-0.15, -0.1) is 11.3 Å². The van der Waals surface area contributed by atoms with Crippen LogP contribution in [-0.2, 0) is 4.79 Å². The van der Waals surface area contributed by atoms with Crippen molar-refractivity contribution in [2.45, 2.75) is 38.1 Å². The average Bonchev–Trinajstić information content (AvgIpc) is 2.82. The second-order valence-corrected chi connectivity index (χ2v) is 6.54. The summed E-state index contributed by atoms with van der Waals surface area (Å²) in [4.78, 5) is 25.7. The van der Waals surface area contributed by atoms with Crippen LogP contribution in [0.3, 0.4) is 0 Å². The number of nitrogens with zero attached hydrogens (tertiary/aromatic N) is 1. The SMILES string of the molecule is O=C(O)CCC1CCCCN1C(=O)c1cc(Br)cs1. The van der Waals surface area contributed by atoms with Crippen molar-refractivity contribution in [3.63, 3.8) is 0 Å². The Bertz CT molecular complexity index is 474. The normalized spacial score (nSPS) is 19.4. The lowest BCUT2D eigenvalue weighted by atomic mass is 9.97. The number of rotatable bonds is 4. The Hall–Kier alpha value is -0.880. The van der Waals surface area contributed by atoms with E-state index in [-0.39, 0.29) is 18.4 Å². The minimum absolute atomic E-state index is 0.0331. The fourth-order valence-corrected chi connectivity index (χ4v) is 3.81. The molecule has 0 aromatic carbocycles. The highest BCUT2D eigenvalue weighted by atomic mass is 79.9. The summed E-state index contributed by atoms with van der Waals surface area (Å²) in [5, 5.41) is 10.7. The Kier molecular flexibility index (Phi) is 4.99. The van der Waals surface area contributed by atoms with Crippen molar-refractivity contribution in [2.75, 3.05) is 6.54 Å². The van der Waals surface area contributed by atoms with Gasteiger partial charge in [0.1, 0.15) is 0 Å². The van der Waals surface area contributed by atoms with E-state index in [2.05, 4.69) is 15.9 Å². The Labute approximate surface area is 124 Å². The summed E-state index contributed by atoms with van der Waals surface area (Å²) in [5.74, 6) is -0.761. The molecule has 0 radical (unpaired) electrons. The second kappa shape index (κ2) is 6.52. The molecular formula is C13H16BrNO3S. The summed E-state index contributed by atoms with van der Waals surface area (Å²) < 4.78 is 0.917. The van der Waals surface area contributed by atoms with Gasteiger partial charge in [0, 0.05) is 28.9 Å². The van der Waals surface area contributed by atoms with Crippen molar-refractivity contribution in [3.8, 4) is 0 Å². The van der Waals surface area contributed by atoms with Crippen LogP contribution in [0, 0.1) is 0 Å². The highest BCUT2D eigenvalue weighted by Crippen LogP contribution is 2.26. The molecule has 0 saturated carbocycles. The van der Waals surface area contributed by atoms with Crippen LogP contribution in [0.5, 0.6) is 0 Å². The van der Waals surface area contributed by atoms with Gasteiger partial charge in [-0.1, -0.05) is 0 Å². The monoisotopic (exact) mass is 345 g/mol. The Morgan fingerprint density at radius 1 is 1.47 bits per heavy atom. The van der Waals surface area contributed by atoms with E-state index < -0.39 is 5.97 Å². The first-order valence-corrected chi connectivity index (χ1v) is 8.02. The van der Waals surface area contributed by atoms with E-state index in [0.717, 1.165) is 30.3 Å². The van der Waals surface area contributed by atoms with E-state index >= 15 is 0 Å². The fraction of sp³-hybridized carbons (Fsp3) is 0.538. The second-order valence-electron chi connectivity index (χ2n) is 4.71. The third kappa shape index (κ3) is 3.79. The number of amides is 1. The molecule has 2 heterocycles. The van der Waals surface area contributed by atoms with Gasteiger partial charge in [0.15, 0.2) is 0 Å². The molecule has 1 N–H and O–H groups in total. The van der Waals surface area contributed by atoms with E-state index in [4.69, 9.17) is 5.11 Å². The Balaban J connectivity index is 2.06. The molecule has 0 spiro atoms. The zero-order valence-corrected chi connectivity index (χ0v) is 12.9. The molecule has 1 amide bonds. The summed E-state index contributed by atoms with van der Waals surface area (Å²) in [7, 11) is 0. The van der Waals surface area contributed by atoms with Crippen LogP contribution >= 0.6 is 27.3 Å². The van der Waals surface area contributed by atoms with Crippen molar-refractivity contribution < 1.29 is 14.7 Å². The molecule has 1 fully saturated rings. The number of likely N-dealkylation sites (tertiary alicyclic amines) is 1. The number of thiophene rings is 1. The average molecular weight is 346 g/mol. The van der Waals surface area contributed by atoms with Crippen molar-refractivity contribution in [1.29, 1.82) is 0 Å². The molecule has 1 saturated heterocycles. The first-order chi connectivity index (χ1) is 9.08. The topological polar surface area (TPSA) is 57.6 Å². The summed E-state index contributed by atoms with van der Waals surface area (Å²) >= 11 is 4.77. The van der Waals surface area contributed by atoms with Crippen molar-refractivity contribution in [1.82, 2.24) is 4.90 Å². The molecule has 0 aliphatic carbocycles. The maximum atomic E-state index is 12.4. The predicted octanol–water partition coefficient (Wildman–Crippen LogP) is 3.37. The van der Waals surface area contributed by atoms with E-state index in [9.17, 15) is 9.59 Å². The van der Waals surface area contributed by atoms with Gasteiger partial charge in [-0.2, -0.15) is 0 Å². The van der Waals surface area contributed by atoms with Crippen LogP contribution in [0.25, 0.3) is 0 Å². The molecular weight excluding hydrogens is 330 g/mol. The smallest absolute Gasteiger partial charge is 0.303 e. The van der Waals surface area contributed by atoms with Gasteiger partial charge >= 0.3 is 5.97 Å². The van der Waals surface area contributed by atoms with Gasteiger partial charge < -0.3 is 10.0 Å². The molecule has 4 nitrogen and oxygen atoms in total. The van der Waals surface area contributed by atoms with E-state index in [0.29, 0.717) is 11.3 Å². The number of aliphatic carboxylic acids is 1. The molecule has 1 aromatic heterocycles. The zero-order chi connectivity index (χ0) is 13.8. The molecule has 0 bridgehead atoms. The predicted molar refractivity (Wildman–Crippen MR) is 77.6 cm³/mol. The molecule has 6 heteroatoms. The molecule has 19 heavy (non-hydrogen) atoms. The third-order valence-electron chi connectivity index (χ3n) is 3.36. The minimum atomic E-state index is -0.795. The van der Waals surface area contributed by atoms with Gasteiger partial charge in [-0.3, -0.25) is 9.59 Å². The van der Waals surface area contributed by atoms with E-state index in [1.54, 1.807) is 0 Å². The lowest BCUT2D eigenvalue weighted by Gasteiger charge is -2.35. The van der Waals surface area contributed by atoms with Crippen LogP contribution < -0.4 is 0 Å². The van der Waals surface area contributed by atoms with Crippen molar-refractivity contribution in [3.05, 3.63) is 20.8 Å². The number of carbonyl (C=O) groups is 2. The number of piperidine rings is 1. The Morgan fingerprint density at radius 2 is 2.26 bits per heavy atom. The minimum Gasteiger partial charge on any atom is -0.481 e. The Morgan fingerprint density at radius 3 is 2.89 bits per heavy atom. The van der Waals surface area contributed by atoms with Crippen LogP contribution in [0.1, 0.15) is 41.8 Å². The van der Waals surface area contributed by atoms with Gasteiger partial charge in [0.2, 0.25) is 0 Å². The van der Waals surface area contributed by atoms with Crippen LogP contribution in [-0.4, -0.2) is 34.5 Å². The van der Waals surface area contributed by atoms with Gasteiger partial charge in [0.25, 0.3) is 5.91 Å². The number of carbonyl (C=O) groups excluding carboxylic acids is 1. The van der Waals surface area contributed by atoms with Crippen molar-refractivity contribution >= 4 is 39.1 Å². The quantitative estimate of drug-likeness (QED) is 0.909. The fourth-order valence-electron chi connectivity index (χ4n) is 2.42. The van der Waals surface area contributed by atoms with Crippen LogP contribution in [0.15, 0.2) is 15.9 Å². The first kappa shape index (κ1) is 14.5. The third-order valence-corrected chi connectivity index (χ3v) is 5.04. The standard InChI is InChI=1S/C13H16BrNO3S/c14-9-7-11(19-8-9)13(18)15-6-2-1-3-10(15)4-5-12(16)17/h7-8,10H,1-6H2,(H,16,17). The number of hydrogen-bond acceptors (Lipinski definition) is 3. The highest BCUT2D eigenvalue weighted by Gasteiger charge is 2.28. The largest absolute Gasteiger partial charge is 0.481 e. The number of hydrogen-bond donors (Lipinski definition) is 1. The maximum absolute atomic E-state index is 12.4. The molecule has 104 valence electrons.